The molecule has 0 atom stereocenters. The van der Waals surface area contributed by atoms with Gasteiger partial charge in [0.2, 0.25) is 0 Å². The summed E-state index contributed by atoms with van der Waals surface area (Å²) in [5.41, 5.74) is 1.51. The molecule has 0 bridgehead atoms. The number of nitrogens with zero attached hydrogens (tertiary/aromatic N) is 1. The Balaban J connectivity index is 1.65. The summed E-state index contributed by atoms with van der Waals surface area (Å²) in [6, 6.07) is 10.4. The SMILES string of the molecule is COc1ccccc1N(C)S(=O)(=O)c1ccc(Cl)c(C(=O)OCC(=O)NCCC2=CCCCC2)c1. The number of allylic oxidation sites excluding steroid dienone is 1. The number of nitrogens with one attached hydrogen (secondary N) is 1. The van der Waals surface area contributed by atoms with Crippen LogP contribution in [0.15, 0.2) is 59.0 Å². The van der Waals surface area contributed by atoms with Crippen molar-refractivity contribution in [3.8, 4) is 5.75 Å². The van der Waals surface area contributed by atoms with Crippen molar-refractivity contribution >= 4 is 39.2 Å². The number of carbonyl (C=O) groups excluding carboxylic acids is 2. The number of hydrogen-bond acceptors (Lipinski definition) is 6. The molecule has 35 heavy (non-hydrogen) atoms. The highest BCUT2D eigenvalue weighted by Gasteiger charge is 2.26. The number of anilines is 1. The van der Waals surface area contributed by atoms with E-state index in [4.69, 9.17) is 21.1 Å². The van der Waals surface area contributed by atoms with Crippen molar-refractivity contribution in [3.05, 3.63) is 64.7 Å². The number of halogens is 1. The van der Waals surface area contributed by atoms with Crippen LogP contribution in [-0.4, -0.2) is 47.6 Å². The van der Waals surface area contributed by atoms with Crippen LogP contribution in [0, 0.1) is 0 Å². The molecule has 0 saturated carbocycles. The maximum absolute atomic E-state index is 13.2. The topological polar surface area (TPSA) is 102 Å². The van der Waals surface area contributed by atoms with Crippen LogP contribution in [0.3, 0.4) is 0 Å². The number of esters is 1. The second-order valence-electron chi connectivity index (χ2n) is 8.07. The molecule has 0 saturated heterocycles. The molecular formula is C25H29ClN2O6S. The van der Waals surface area contributed by atoms with Gasteiger partial charge in [-0.25, -0.2) is 13.2 Å². The fourth-order valence-electron chi connectivity index (χ4n) is 3.75. The Morgan fingerprint density at radius 1 is 1.14 bits per heavy atom. The summed E-state index contributed by atoms with van der Waals surface area (Å²) >= 11 is 6.13. The van der Waals surface area contributed by atoms with Crippen LogP contribution < -0.4 is 14.4 Å². The Kier molecular flexibility index (Phi) is 9.17. The summed E-state index contributed by atoms with van der Waals surface area (Å²) in [5, 5.41) is 2.74. The molecule has 1 N–H and O–H groups in total. The molecule has 0 spiro atoms. The Morgan fingerprint density at radius 2 is 1.91 bits per heavy atom. The van der Waals surface area contributed by atoms with Crippen molar-refractivity contribution in [1.82, 2.24) is 5.32 Å². The molecule has 3 rings (SSSR count). The van der Waals surface area contributed by atoms with Gasteiger partial charge in [-0.15, -0.1) is 0 Å². The molecule has 1 aliphatic rings. The van der Waals surface area contributed by atoms with Gasteiger partial charge in [0.1, 0.15) is 5.75 Å². The lowest BCUT2D eigenvalue weighted by atomic mass is 9.97. The summed E-state index contributed by atoms with van der Waals surface area (Å²) < 4.78 is 37.8. The van der Waals surface area contributed by atoms with Crippen LogP contribution in [0.1, 0.15) is 42.5 Å². The van der Waals surface area contributed by atoms with Crippen molar-refractivity contribution in [1.29, 1.82) is 0 Å². The quantitative estimate of drug-likeness (QED) is 0.369. The molecule has 0 fully saturated rings. The molecule has 0 aromatic heterocycles. The zero-order chi connectivity index (χ0) is 25.4. The largest absolute Gasteiger partial charge is 0.495 e. The number of sulfonamides is 1. The van der Waals surface area contributed by atoms with E-state index in [-0.39, 0.29) is 15.5 Å². The van der Waals surface area contributed by atoms with Gasteiger partial charge in [0.25, 0.3) is 15.9 Å². The maximum Gasteiger partial charge on any atom is 0.340 e. The van der Waals surface area contributed by atoms with Gasteiger partial charge in [0, 0.05) is 13.6 Å². The van der Waals surface area contributed by atoms with Gasteiger partial charge in [-0.3, -0.25) is 9.10 Å². The van der Waals surface area contributed by atoms with Crippen molar-refractivity contribution in [3.63, 3.8) is 0 Å². The van der Waals surface area contributed by atoms with Gasteiger partial charge in [-0.2, -0.15) is 0 Å². The van der Waals surface area contributed by atoms with Crippen molar-refractivity contribution < 1.29 is 27.5 Å². The predicted octanol–water partition coefficient (Wildman–Crippen LogP) is 4.34. The number of methoxy groups -OCH3 is 1. The summed E-state index contributed by atoms with van der Waals surface area (Å²) in [4.78, 5) is 24.5. The highest BCUT2D eigenvalue weighted by atomic mass is 35.5. The number of para-hydroxylation sites is 2. The zero-order valence-corrected chi connectivity index (χ0v) is 21.3. The normalized spacial score (nSPS) is 13.5. The van der Waals surface area contributed by atoms with Gasteiger partial charge in [-0.1, -0.05) is 35.4 Å². The molecule has 2 aromatic carbocycles. The first-order valence-electron chi connectivity index (χ1n) is 11.3. The average Bonchev–Trinajstić information content (AvgIpc) is 2.87. The van der Waals surface area contributed by atoms with E-state index in [0.29, 0.717) is 18.0 Å². The number of hydrogen-bond donors (Lipinski definition) is 1. The molecule has 0 unspecified atom stereocenters. The van der Waals surface area contributed by atoms with Crippen molar-refractivity contribution in [2.75, 3.05) is 31.6 Å². The second kappa shape index (κ2) is 12.1. The fraction of sp³-hybridized carbons (Fsp3) is 0.360. The van der Waals surface area contributed by atoms with Crippen molar-refractivity contribution in [2.24, 2.45) is 0 Å². The highest BCUT2D eigenvalue weighted by Crippen LogP contribution is 2.32. The molecule has 0 heterocycles. The van der Waals surface area contributed by atoms with Gasteiger partial charge in [0.15, 0.2) is 6.61 Å². The van der Waals surface area contributed by atoms with Crippen LogP contribution >= 0.6 is 11.6 Å². The number of rotatable bonds is 10. The van der Waals surface area contributed by atoms with Gasteiger partial charge in [0.05, 0.1) is 28.3 Å². The van der Waals surface area contributed by atoms with E-state index in [1.54, 1.807) is 24.3 Å². The fourth-order valence-corrected chi connectivity index (χ4v) is 5.18. The summed E-state index contributed by atoms with van der Waals surface area (Å²) in [7, 11) is -1.22. The lowest BCUT2D eigenvalue weighted by Crippen LogP contribution is -2.30. The van der Waals surface area contributed by atoms with Crippen LogP contribution in [0.5, 0.6) is 5.75 Å². The van der Waals surface area contributed by atoms with E-state index in [9.17, 15) is 18.0 Å². The van der Waals surface area contributed by atoms with E-state index in [1.165, 1.54) is 44.7 Å². The number of ether oxygens (including phenoxy) is 2. The van der Waals surface area contributed by atoms with E-state index in [0.717, 1.165) is 29.6 Å². The molecule has 0 radical (unpaired) electrons. The number of benzene rings is 2. The molecule has 10 heteroatoms. The third kappa shape index (κ3) is 6.76. The molecule has 2 aromatic rings. The third-order valence-electron chi connectivity index (χ3n) is 5.73. The maximum atomic E-state index is 13.2. The lowest BCUT2D eigenvalue weighted by molar-refractivity contribution is -0.124. The van der Waals surface area contributed by atoms with E-state index < -0.39 is 28.5 Å². The second-order valence-corrected chi connectivity index (χ2v) is 10.4. The van der Waals surface area contributed by atoms with E-state index in [2.05, 4.69) is 11.4 Å². The van der Waals surface area contributed by atoms with E-state index >= 15 is 0 Å². The Hall–Kier alpha value is -3.04. The molecule has 188 valence electrons. The van der Waals surface area contributed by atoms with Crippen molar-refractivity contribution in [2.45, 2.75) is 37.0 Å². The van der Waals surface area contributed by atoms with Gasteiger partial charge in [-0.05, 0) is 62.4 Å². The predicted molar refractivity (Wildman–Crippen MR) is 134 cm³/mol. The molecular weight excluding hydrogens is 492 g/mol. The zero-order valence-electron chi connectivity index (χ0n) is 19.8. The van der Waals surface area contributed by atoms with E-state index in [1.807, 2.05) is 0 Å². The lowest BCUT2D eigenvalue weighted by Gasteiger charge is -2.22. The molecule has 1 amide bonds. The first kappa shape index (κ1) is 26.6. The number of carbonyl (C=O) groups is 2. The monoisotopic (exact) mass is 520 g/mol. The average molecular weight is 521 g/mol. The minimum Gasteiger partial charge on any atom is -0.495 e. The summed E-state index contributed by atoms with van der Waals surface area (Å²) in [6.07, 6.45) is 7.48. The summed E-state index contributed by atoms with van der Waals surface area (Å²) in [5.74, 6) is -0.958. The Bertz CT molecular complexity index is 1210. The minimum atomic E-state index is -4.05. The minimum absolute atomic E-state index is 0.0125. The first-order valence-corrected chi connectivity index (χ1v) is 13.1. The van der Waals surface area contributed by atoms with Crippen LogP contribution in [0.25, 0.3) is 0 Å². The molecule has 1 aliphatic carbocycles. The van der Waals surface area contributed by atoms with Crippen LogP contribution in [0.4, 0.5) is 5.69 Å². The van der Waals surface area contributed by atoms with Gasteiger partial charge >= 0.3 is 5.97 Å². The highest BCUT2D eigenvalue weighted by molar-refractivity contribution is 7.92. The third-order valence-corrected chi connectivity index (χ3v) is 7.83. The molecule has 8 nitrogen and oxygen atoms in total. The Morgan fingerprint density at radius 3 is 2.63 bits per heavy atom. The first-order chi connectivity index (χ1) is 16.7. The Labute approximate surface area is 210 Å². The molecule has 0 aliphatic heterocycles. The van der Waals surface area contributed by atoms with Gasteiger partial charge < -0.3 is 14.8 Å². The smallest absolute Gasteiger partial charge is 0.340 e. The summed E-state index contributed by atoms with van der Waals surface area (Å²) in [6.45, 7) is -0.0295. The van der Waals surface area contributed by atoms with Crippen LogP contribution in [0.2, 0.25) is 5.02 Å². The van der Waals surface area contributed by atoms with Crippen LogP contribution in [-0.2, 0) is 19.6 Å². The standard InChI is InChI=1S/C25H29ClN2O6S/c1-28(22-10-6-7-11-23(22)33-2)35(31,32)19-12-13-21(26)20(16-19)25(30)34-17-24(29)27-15-14-18-8-4-3-5-9-18/h6-8,10-13,16H,3-5,9,14-15,17H2,1-2H3,(H,27,29). The number of amides is 1.